The minimum absolute atomic E-state index is 0. The summed E-state index contributed by atoms with van der Waals surface area (Å²) in [7, 11) is -6.00. The standard InChI is InChI=1S/C8H11.BF4.Rh/c1-2-4-6-8-7-5-3-1;2-1(3,4)5;/h1-2,7H,3-6H2;;/q2*-1;+2/b2-1-;;. The van der Waals surface area contributed by atoms with E-state index >= 15 is 0 Å². The van der Waals surface area contributed by atoms with Gasteiger partial charge in [0.05, 0.1) is 0 Å². The van der Waals surface area contributed by atoms with Gasteiger partial charge in [-0.05, 0) is 6.42 Å². The Kier molecular flexibility index (Phi) is 11.0. The van der Waals surface area contributed by atoms with Crippen molar-refractivity contribution in [2.75, 3.05) is 0 Å². The predicted octanol–water partition coefficient (Wildman–Crippen LogP) is 3.77. The van der Waals surface area contributed by atoms with Crippen molar-refractivity contribution in [2.24, 2.45) is 0 Å². The number of hydrogen-bond donors (Lipinski definition) is 0. The van der Waals surface area contributed by atoms with Gasteiger partial charge < -0.3 is 23.3 Å². The molecule has 0 heterocycles. The summed E-state index contributed by atoms with van der Waals surface area (Å²) >= 11 is 0. The van der Waals surface area contributed by atoms with E-state index in [1.165, 1.54) is 19.3 Å². The van der Waals surface area contributed by atoms with Crippen LogP contribution in [0.5, 0.6) is 0 Å². The maximum Gasteiger partial charge on any atom is 2.00 e. The first kappa shape index (κ1) is 16.3. The van der Waals surface area contributed by atoms with Crippen molar-refractivity contribution in [2.45, 2.75) is 25.7 Å². The van der Waals surface area contributed by atoms with Gasteiger partial charge in [0.25, 0.3) is 0 Å². The SMILES string of the molecule is F[B-](F)(F)F.[C-]1=CCC/C=C\CC1.[Rh+2]. The minimum Gasteiger partial charge on any atom is -0.500 e. The first-order valence-electron chi connectivity index (χ1n) is 4.07. The fourth-order valence-corrected chi connectivity index (χ4v) is 0.786. The Bertz CT molecular complexity index is 145. The zero-order chi connectivity index (χ0) is 10.2. The fourth-order valence-electron chi connectivity index (χ4n) is 0.786. The predicted molar refractivity (Wildman–Crippen MR) is 45.6 cm³/mol. The molecule has 1 aliphatic rings. The van der Waals surface area contributed by atoms with E-state index in [1.54, 1.807) is 0 Å². The van der Waals surface area contributed by atoms with E-state index in [9.17, 15) is 17.3 Å². The third kappa shape index (κ3) is 22.7. The molecule has 1 radical (unpaired) electrons. The van der Waals surface area contributed by atoms with Gasteiger partial charge in [-0.25, -0.2) is 0 Å². The van der Waals surface area contributed by atoms with Gasteiger partial charge in [0.1, 0.15) is 0 Å². The van der Waals surface area contributed by atoms with Crippen molar-refractivity contribution in [3.8, 4) is 0 Å². The van der Waals surface area contributed by atoms with Crippen LogP contribution in [0.15, 0.2) is 18.2 Å². The molecule has 0 fully saturated rings. The first-order chi connectivity index (χ1) is 6.00. The maximum absolute atomic E-state index is 9.75. The second-order valence-electron chi connectivity index (χ2n) is 2.49. The van der Waals surface area contributed by atoms with Crippen LogP contribution < -0.4 is 0 Å². The minimum atomic E-state index is -6.00. The van der Waals surface area contributed by atoms with Crippen molar-refractivity contribution in [3.05, 3.63) is 24.3 Å². The average Bonchev–Trinajstić information content (AvgIpc) is 1.79. The van der Waals surface area contributed by atoms with E-state index in [1.807, 2.05) is 0 Å². The molecule has 0 aromatic rings. The molecule has 0 bridgehead atoms. The molecule has 0 saturated heterocycles. The van der Waals surface area contributed by atoms with Crippen LogP contribution in [-0.4, -0.2) is 7.25 Å². The second-order valence-corrected chi connectivity index (χ2v) is 2.49. The monoisotopic (exact) mass is 297 g/mol. The Balaban J connectivity index is 0. The van der Waals surface area contributed by atoms with Gasteiger partial charge in [0.2, 0.25) is 0 Å². The van der Waals surface area contributed by atoms with Gasteiger partial charge in [-0.1, -0.05) is 25.0 Å². The summed E-state index contributed by atoms with van der Waals surface area (Å²) in [6.45, 7) is 0. The molecule has 1 rings (SSSR count). The Morgan fingerprint density at radius 1 is 0.929 bits per heavy atom. The van der Waals surface area contributed by atoms with Crippen molar-refractivity contribution < 1.29 is 36.7 Å². The van der Waals surface area contributed by atoms with Gasteiger partial charge in [-0.2, -0.15) is 6.42 Å². The van der Waals surface area contributed by atoms with E-state index in [-0.39, 0.29) is 19.5 Å². The van der Waals surface area contributed by atoms with Crippen LogP contribution in [0.4, 0.5) is 17.3 Å². The van der Waals surface area contributed by atoms with E-state index in [4.69, 9.17) is 0 Å². The number of halogens is 4. The van der Waals surface area contributed by atoms with Crippen LogP contribution in [0.25, 0.3) is 0 Å². The molecule has 0 nitrogen and oxygen atoms in total. The van der Waals surface area contributed by atoms with Crippen molar-refractivity contribution >= 4 is 7.25 Å². The van der Waals surface area contributed by atoms with E-state index in [2.05, 4.69) is 24.3 Å². The molecule has 0 aliphatic heterocycles. The summed E-state index contributed by atoms with van der Waals surface area (Å²) in [5, 5.41) is 0. The largest absolute Gasteiger partial charge is 2.00 e. The number of allylic oxidation sites excluding steroid dienone is 4. The van der Waals surface area contributed by atoms with E-state index in [0.717, 1.165) is 6.42 Å². The Labute approximate surface area is 94.3 Å². The van der Waals surface area contributed by atoms with E-state index < -0.39 is 7.25 Å². The summed E-state index contributed by atoms with van der Waals surface area (Å²) in [5.74, 6) is 0. The van der Waals surface area contributed by atoms with Gasteiger partial charge >= 0.3 is 26.7 Å². The zero-order valence-electron chi connectivity index (χ0n) is 7.48. The van der Waals surface area contributed by atoms with Crippen LogP contribution in [0, 0.1) is 6.08 Å². The molecule has 0 aromatic heterocycles. The molecule has 0 aromatic carbocycles. The Morgan fingerprint density at radius 2 is 1.43 bits per heavy atom. The first-order valence-corrected chi connectivity index (χ1v) is 4.07. The third-order valence-electron chi connectivity index (χ3n) is 1.24. The normalized spacial score (nSPS) is 18.0. The van der Waals surface area contributed by atoms with Crippen LogP contribution >= 0.6 is 0 Å². The summed E-state index contributed by atoms with van der Waals surface area (Å²) in [6, 6.07) is 0. The fraction of sp³-hybridized carbons (Fsp3) is 0.500. The molecule has 83 valence electrons. The van der Waals surface area contributed by atoms with Gasteiger partial charge in [-0.15, -0.1) is 0 Å². The molecule has 14 heavy (non-hydrogen) atoms. The molecular formula is C8H11BF4Rh. The summed E-state index contributed by atoms with van der Waals surface area (Å²) < 4.78 is 39.0. The van der Waals surface area contributed by atoms with Crippen molar-refractivity contribution in [3.63, 3.8) is 0 Å². The molecule has 0 unspecified atom stereocenters. The van der Waals surface area contributed by atoms with E-state index in [0.29, 0.717) is 0 Å². The van der Waals surface area contributed by atoms with Gasteiger partial charge in [-0.3, -0.25) is 6.08 Å². The van der Waals surface area contributed by atoms with Crippen molar-refractivity contribution in [1.29, 1.82) is 0 Å². The van der Waals surface area contributed by atoms with Gasteiger partial charge in [0.15, 0.2) is 0 Å². The van der Waals surface area contributed by atoms with Gasteiger partial charge in [0, 0.05) is 0 Å². The molecule has 0 spiro atoms. The smallest absolute Gasteiger partial charge is 0.500 e. The molecule has 0 amide bonds. The van der Waals surface area contributed by atoms with Crippen LogP contribution in [0.1, 0.15) is 25.7 Å². The maximum atomic E-state index is 9.75. The molecule has 6 heteroatoms. The van der Waals surface area contributed by atoms with Crippen LogP contribution in [0.3, 0.4) is 0 Å². The topological polar surface area (TPSA) is 0 Å². The third-order valence-corrected chi connectivity index (χ3v) is 1.24. The summed E-state index contributed by atoms with van der Waals surface area (Å²) in [4.78, 5) is 0. The molecule has 0 atom stereocenters. The summed E-state index contributed by atoms with van der Waals surface area (Å²) in [5.41, 5.74) is 0. The number of rotatable bonds is 0. The molecular weight excluding hydrogens is 286 g/mol. The second kappa shape index (κ2) is 9.44. The molecule has 0 saturated carbocycles. The Hall–Kier alpha value is -0.112. The molecule has 0 N–H and O–H groups in total. The number of hydrogen-bond acceptors (Lipinski definition) is 0. The zero-order valence-corrected chi connectivity index (χ0v) is 9.12. The quantitative estimate of drug-likeness (QED) is 0.276. The summed E-state index contributed by atoms with van der Waals surface area (Å²) in [6.07, 6.45) is 14.5. The van der Waals surface area contributed by atoms with Crippen LogP contribution in [0.2, 0.25) is 0 Å². The van der Waals surface area contributed by atoms with Crippen molar-refractivity contribution in [1.82, 2.24) is 0 Å². The average molecular weight is 297 g/mol. The Morgan fingerprint density at radius 3 is 2.00 bits per heavy atom. The molecule has 1 aliphatic carbocycles. The van der Waals surface area contributed by atoms with Crippen LogP contribution in [-0.2, 0) is 19.5 Å².